The summed E-state index contributed by atoms with van der Waals surface area (Å²) in [5.41, 5.74) is 0. The van der Waals surface area contributed by atoms with Gasteiger partial charge in [-0.1, -0.05) is 33.9 Å². The third-order valence-electron chi connectivity index (χ3n) is 6.63. The lowest BCUT2D eigenvalue weighted by molar-refractivity contribution is -0.00695. The molecule has 4 bridgehead atoms. The lowest BCUT2D eigenvalue weighted by atomic mass is 9.54. The van der Waals surface area contributed by atoms with Crippen LogP contribution in [0.4, 0.5) is 0 Å². The first kappa shape index (κ1) is 13.2. The summed E-state index contributed by atoms with van der Waals surface area (Å²) in [6.45, 7) is 12.4. The SMILES string of the molecule is CC(C)(C)[Si](C)(C)NC1C2CC3CC(C2)CC1C3. The van der Waals surface area contributed by atoms with Gasteiger partial charge in [0, 0.05) is 6.04 Å². The minimum absolute atomic E-state index is 0.474. The Bertz CT molecular complexity index is 300. The molecule has 0 heterocycles. The van der Waals surface area contributed by atoms with E-state index >= 15 is 0 Å². The summed E-state index contributed by atoms with van der Waals surface area (Å²) in [6, 6.07) is 0.874. The Labute approximate surface area is 114 Å². The molecule has 4 saturated carbocycles. The van der Waals surface area contributed by atoms with Crippen LogP contribution in [0, 0.1) is 23.7 Å². The largest absolute Gasteiger partial charge is 0.334 e. The van der Waals surface area contributed by atoms with Crippen molar-refractivity contribution >= 4 is 8.24 Å². The fourth-order valence-corrected chi connectivity index (χ4v) is 6.53. The zero-order valence-corrected chi connectivity index (χ0v) is 13.9. The number of hydrogen-bond donors (Lipinski definition) is 1. The van der Waals surface area contributed by atoms with E-state index in [4.69, 9.17) is 0 Å². The maximum absolute atomic E-state index is 4.22. The molecule has 1 nitrogen and oxygen atoms in total. The summed E-state index contributed by atoms with van der Waals surface area (Å²) >= 11 is 0. The highest BCUT2D eigenvalue weighted by molar-refractivity contribution is 6.77. The summed E-state index contributed by atoms with van der Waals surface area (Å²) in [5.74, 6) is 4.25. The molecule has 0 aromatic carbocycles. The minimum Gasteiger partial charge on any atom is -0.334 e. The van der Waals surface area contributed by atoms with Crippen LogP contribution in [0.2, 0.25) is 18.1 Å². The molecule has 0 aromatic rings. The first-order chi connectivity index (χ1) is 8.26. The van der Waals surface area contributed by atoms with E-state index in [1.165, 1.54) is 0 Å². The molecule has 4 aliphatic carbocycles. The Morgan fingerprint density at radius 3 is 1.67 bits per heavy atom. The monoisotopic (exact) mass is 265 g/mol. The molecular formula is C16H31NSi. The Hall–Kier alpha value is 0.177. The van der Waals surface area contributed by atoms with Gasteiger partial charge in [0.15, 0.2) is 0 Å². The van der Waals surface area contributed by atoms with Gasteiger partial charge in [-0.25, -0.2) is 0 Å². The van der Waals surface area contributed by atoms with Crippen molar-refractivity contribution in [2.75, 3.05) is 0 Å². The molecule has 4 rings (SSSR count). The Morgan fingerprint density at radius 2 is 1.28 bits per heavy atom. The van der Waals surface area contributed by atoms with Crippen molar-refractivity contribution in [2.24, 2.45) is 23.7 Å². The molecule has 0 unspecified atom stereocenters. The molecule has 4 fully saturated rings. The summed E-state index contributed by atoms with van der Waals surface area (Å²) in [4.78, 5) is 4.22. The van der Waals surface area contributed by atoms with Crippen molar-refractivity contribution in [3.8, 4) is 0 Å². The molecule has 1 N–H and O–H groups in total. The molecule has 0 spiro atoms. The summed E-state index contributed by atoms with van der Waals surface area (Å²) in [6.07, 6.45) is 7.73. The van der Waals surface area contributed by atoms with Crippen molar-refractivity contribution in [1.29, 1.82) is 0 Å². The highest BCUT2D eigenvalue weighted by Crippen LogP contribution is 2.54. The maximum atomic E-state index is 4.22. The molecule has 104 valence electrons. The average molecular weight is 266 g/mol. The van der Waals surface area contributed by atoms with E-state index in [0.29, 0.717) is 5.04 Å². The number of rotatable bonds is 2. The van der Waals surface area contributed by atoms with Crippen LogP contribution in [-0.4, -0.2) is 14.3 Å². The van der Waals surface area contributed by atoms with E-state index in [1.807, 2.05) is 0 Å². The van der Waals surface area contributed by atoms with Crippen LogP contribution in [-0.2, 0) is 0 Å². The first-order valence-corrected chi connectivity index (χ1v) is 11.0. The van der Waals surface area contributed by atoms with E-state index in [9.17, 15) is 0 Å². The second-order valence-corrected chi connectivity index (χ2v) is 14.0. The highest BCUT2D eigenvalue weighted by atomic mass is 28.3. The van der Waals surface area contributed by atoms with E-state index in [-0.39, 0.29) is 0 Å². The van der Waals surface area contributed by atoms with Gasteiger partial charge in [-0.05, 0) is 60.8 Å². The Morgan fingerprint density at radius 1 is 0.833 bits per heavy atom. The van der Waals surface area contributed by atoms with E-state index in [2.05, 4.69) is 38.8 Å². The standard InChI is InChI=1S/C16H31NSi/c1-16(2,3)18(4,5)17-15-13-7-11-6-12(9-13)10-14(15)8-11/h11-15,17H,6-10H2,1-5H3. The van der Waals surface area contributed by atoms with E-state index < -0.39 is 8.24 Å². The van der Waals surface area contributed by atoms with Gasteiger partial charge in [0.1, 0.15) is 8.24 Å². The van der Waals surface area contributed by atoms with Gasteiger partial charge in [0.2, 0.25) is 0 Å². The van der Waals surface area contributed by atoms with Crippen LogP contribution in [0.15, 0.2) is 0 Å². The van der Waals surface area contributed by atoms with E-state index in [1.54, 1.807) is 32.1 Å². The minimum atomic E-state index is -1.32. The van der Waals surface area contributed by atoms with Crippen LogP contribution in [0.5, 0.6) is 0 Å². The topological polar surface area (TPSA) is 12.0 Å². The lowest BCUT2D eigenvalue weighted by Crippen LogP contribution is -2.64. The number of hydrogen-bond acceptors (Lipinski definition) is 1. The van der Waals surface area contributed by atoms with Crippen LogP contribution >= 0.6 is 0 Å². The predicted molar refractivity (Wildman–Crippen MR) is 81.2 cm³/mol. The smallest absolute Gasteiger partial charge is 0.125 e. The predicted octanol–water partition coefficient (Wildman–Crippen LogP) is 4.41. The van der Waals surface area contributed by atoms with Crippen molar-refractivity contribution < 1.29 is 0 Å². The molecule has 0 amide bonds. The maximum Gasteiger partial charge on any atom is 0.125 e. The molecule has 0 aliphatic heterocycles. The average Bonchev–Trinajstić information content (AvgIpc) is 2.20. The van der Waals surface area contributed by atoms with Crippen molar-refractivity contribution in [2.45, 2.75) is 77.0 Å². The molecule has 2 heteroatoms. The van der Waals surface area contributed by atoms with Gasteiger partial charge in [-0.2, -0.15) is 0 Å². The first-order valence-electron chi connectivity index (χ1n) is 8.04. The van der Waals surface area contributed by atoms with Crippen LogP contribution in [0.3, 0.4) is 0 Å². The van der Waals surface area contributed by atoms with Crippen molar-refractivity contribution in [1.82, 2.24) is 4.98 Å². The fraction of sp³-hybridized carbons (Fsp3) is 1.00. The molecule has 0 atom stereocenters. The van der Waals surface area contributed by atoms with Gasteiger partial charge in [-0.15, -0.1) is 0 Å². The normalized spacial score (nSPS) is 43.5. The van der Waals surface area contributed by atoms with Gasteiger partial charge < -0.3 is 4.98 Å². The highest BCUT2D eigenvalue weighted by Gasteiger charge is 2.50. The number of nitrogens with one attached hydrogen (secondary N) is 1. The van der Waals surface area contributed by atoms with Crippen molar-refractivity contribution in [3.63, 3.8) is 0 Å². The van der Waals surface area contributed by atoms with Crippen LogP contribution in [0.25, 0.3) is 0 Å². The van der Waals surface area contributed by atoms with Crippen molar-refractivity contribution in [3.05, 3.63) is 0 Å². The molecule has 0 radical (unpaired) electrons. The van der Waals surface area contributed by atoms with Crippen LogP contribution in [0.1, 0.15) is 52.9 Å². The summed E-state index contributed by atoms with van der Waals surface area (Å²) in [5, 5.41) is 0.474. The summed E-state index contributed by atoms with van der Waals surface area (Å²) in [7, 11) is -1.32. The molecular weight excluding hydrogens is 234 g/mol. The van der Waals surface area contributed by atoms with E-state index in [0.717, 1.165) is 29.7 Å². The Balaban J connectivity index is 1.74. The quantitative estimate of drug-likeness (QED) is 0.729. The van der Waals surface area contributed by atoms with Crippen LogP contribution < -0.4 is 4.98 Å². The van der Waals surface area contributed by atoms with Gasteiger partial charge in [-0.3, -0.25) is 0 Å². The molecule has 0 aromatic heterocycles. The Kier molecular flexibility index (Phi) is 2.99. The summed E-state index contributed by atoms with van der Waals surface area (Å²) < 4.78 is 0. The second kappa shape index (κ2) is 4.08. The third-order valence-corrected chi connectivity index (χ3v) is 11.4. The second-order valence-electron chi connectivity index (χ2n) is 8.98. The van der Waals surface area contributed by atoms with Gasteiger partial charge >= 0.3 is 0 Å². The zero-order valence-electron chi connectivity index (χ0n) is 12.9. The third kappa shape index (κ3) is 2.09. The fourth-order valence-electron chi connectivity index (χ4n) is 4.79. The van der Waals surface area contributed by atoms with Gasteiger partial charge in [0.05, 0.1) is 0 Å². The molecule has 4 aliphatic rings. The molecule has 18 heavy (non-hydrogen) atoms. The van der Waals surface area contributed by atoms with Gasteiger partial charge in [0.25, 0.3) is 0 Å². The zero-order chi connectivity index (χ0) is 13.1. The lowest BCUT2D eigenvalue weighted by Gasteiger charge is -2.57. The molecule has 0 saturated heterocycles.